The molecule has 8 heteroatoms. The van der Waals surface area contributed by atoms with E-state index in [1.54, 1.807) is 6.07 Å². The largest absolute Gasteiger partial charge is 0.340 e. The third-order valence-corrected chi connectivity index (χ3v) is 3.62. The summed E-state index contributed by atoms with van der Waals surface area (Å²) in [5, 5.41) is 11.6. The Labute approximate surface area is 115 Å². The van der Waals surface area contributed by atoms with Crippen molar-refractivity contribution in [3.05, 3.63) is 42.3 Å². The highest BCUT2D eigenvalue weighted by Crippen LogP contribution is 2.22. The van der Waals surface area contributed by atoms with Crippen molar-refractivity contribution < 1.29 is 18.0 Å². The molecular weight excluding hydrogens is 285 g/mol. The molecule has 0 fully saturated rings. The molecule has 0 radical (unpaired) electrons. The second-order valence-electron chi connectivity index (χ2n) is 4.08. The molecular formula is C12H12FN3O3S. The number of rotatable bonds is 4. The lowest BCUT2D eigenvalue weighted by Gasteiger charge is -2.08. The number of hydrogen-bond donors (Lipinski definition) is 3. The van der Waals surface area contributed by atoms with Crippen LogP contribution < -0.4 is 10.8 Å². The first-order valence-corrected chi connectivity index (χ1v) is 7.42. The van der Waals surface area contributed by atoms with Crippen molar-refractivity contribution in [2.45, 2.75) is 4.90 Å². The van der Waals surface area contributed by atoms with Crippen LogP contribution in [-0.4, -0.2) is 24.9 Å². The molecule has 1 aromatic heterocycles. The summed E-state index contributed by atoms with van der Waals surface area (Å²) in [5.74, 6) is -0.468. The van der Waals surface area contributed by atoms with E-state index in [0.717, 1.165) is 12.3 Å². The minimum Gasteiger partial charge on any atom is -0.340 e. The average Bonchev–Trinajstić information content (AvgIpc) is 2.37. The second kappa shape index (κ2) is 5.43. The maximum atomic E-state index is 13.7. The van der Waals surface area contributed by atoms with Gasteiger partial charge >= 0.3 is 0 Å². The van der Waals surface area contributed by atoms with E-state index in [2.05, 4.69) is 10.3 Å². The van der Waals surface area contributed by atoms with Crippen molar-refractivity contribution >= 4 is 27.0 Å². The first kappa shape index (κ1) is 14.2. The molecule has 2 aromatic rings. The Bertz CT molecular complexity index is 734. The number of pyridine rings is 1. The van der Waals surface area contributed by atoms with Crippen LogP contribution in [-0.2, 0) is 9.84 Å². The third kappa shape index (κ3) is 3.22. The highest BCUT2D eigenvalue weighted by Gasteiger charge is 2.13. The van der Waals surface area contributed by atoms with Gasteiger partial charge in [-0.05, 0) is 24.3 Å². The van der Waals surface area contributed by atoms with E-state index in [1.165, 1.54) is 24.4 Å². The van der Waals surface area contributed by atoms with E-state index in [0.29, 0.717) is 17.2 Å². The van der Waals surface area contributed by atoms with Gasteiger partial charge in [0.2, 0.25) is 0 Å². The van der Waals surface area contributed by atoms with E-state index in [1.807, 2.05) is 5.48 Å². The number of nitrogens with one attached hydrogen (secondary N) is 2. The monoisotopic (exact) mass is 297 g/mol. The van der Waals surface area contributed by atoms with E-state index < -0.39 is 15.7 Å². The number of sulfone groups is 1. The van der Waals surface area contributed by atoms with Crippen molar-refractivity contribution in [3.8, 4) is 0 Å². The zero-order valence-corrected chi connectivity index (χ0v) is 11.3. The first-order chi connectivity index (χ1) is 9.40. The number of hydrogen-bond acceptors (Lipinski definition) is 6. The van der Waals surface area contributed by atoms with Crippen molar-refractivity contribution in [2.75, 3.05) is 17.1 Å². The minimum absolute atomic E-state index is 0.345. The van der Waals surface area contributed by atoms with E-state index >= 15 is 0 Å². The molecule has 0 aliphatic rings. The number of halogens is 1. The molecule has 106 valence electrons. The summed E-state index contributed by atoms with van der Waals surface area (Å²) >= 11 is 0. The van der Waals surface area contributed by atoms with Gasteiger partial charge in [0.25, 0.3) is 0 Å². The van der Waals surface area contributed by atoms with Crippen LogP contribution in [0.4, 0.5) is 21.6 Å². The smallest absolute Gasteiger partial charge is 0.178 e. The summed E-state index contributed by atoms with van der Waals surface area (Å²) in [7, 11) is -3.60. The maximum absolute atomic E-state index is 13.7. The fourth-order valence-electron chi connectivity index (χ4n) is 1.60. The van der Waals surface area contributed by atoms with Gasteiger partial charge in [-0.2, -0.15) is 0 Å². The quantitative estimate of drug-likeness (QED) is 0.749. The lowest BCUT2D eigenvalue weighted by atomic mass is 10.3. The predicted octanol–water partition coefficient (Wildman–Crippen LogP) is 2.17. The Balaban J connectivity index is 2.29. The lowest BCUT2D eigenvalue weighted by Crippen LogP contribution is -2.02. The Morgan fingerprint density at radius 3 is 2.55 bits per heavy atom. The molecule has 0 spiro atoms. The van der Waals surface area contributed by atoms with Crippen LogP contribution in [0.25, 0.3) is 0 Å². The Morgan fingerprint density at radius 2 is 1.95 bits per heavy atom. The Morgan fingerprint density at radius 1 is 1.20 bits per heavy atom. The van der Waals surface area contributed by atoms with Gasteiger partial charge in [-0.1, -0.05) is 0 Å². The molecule has 0 unspecified atom stereocenters. The molecule has 1 aromatic carbocycles. The molecule has 2 rings (SSSR count). The van der Waals surface area contributed by atoms with Crippen molar-refractivity contribution in [2.24, 2.45) is 0 Å². The molecule has 0 saturated carbocycles. The molecule has 0 aliphatic carbocycles. The number of aromatic nitrogens is 1. The van der Waals surface area contributed by atoms with E-state index in [9.17, 15) is 12.8 Å². The van der Waals surface area contributed by atoms with Gasteiger partial charge in [-0.3, -0.25) is 10.7 Å². The van der Waals surface area contributed by atoms with Crippen molar-refractivity contribution in [3.63, 3.8) is 0 Å². The van der Waals surface area contributed by atoms with Crippen LogP contribution in [0.5, 0.6) is 0 Å². The Kier molecular flexibility index (Phi) is 3.86. The number of anilines is 3. The van der Waals surface area contributed by atoms with Crippen LogP contribution in [0.3, 0.4) is 0 Å². The topological polar surface area (TPSA) is 91.3 Å². The summed E-state index contributed by atoms with van der Waals surface area (Å²) in [5.41, 5.74) is 2.72. The molecule has 6 nitrogen and oxygen atoms in total. The van der Waals surface area contributed by atoms with Gasteiger partial charge < -0.3 is 5.32 Å². The first-order valence-electron chi connectivity index (χ1n) is 5.53. The van der Waals surface area contributed by atoms with Crippen molar-refractivity contribution in [1.29, 1.82) is 0 Å². The highest BCUT2D eigenvalue weighted by molar-refractivity contribution is 7.90. The summed E-state index contributed by atoms with van der Waals surface area (Å²) in [6.07, 6.45) is 2.39. The SMILES string of the molecule is CS(=O)(=O)c1ccc(Nc2cc(NO)ccn2)cc1F. The summed E-state index contributed by atoms with van der Waals surface area (Å²) in [6, 6.07) is 6.72. The van der Waals surface area contributed by atoms with Crippen LogP contribution in [0, 0.1) is 5.82 Å². The minimum atomic E-state index is -3.60. The molecule has 1 heterocycles. The second-order valence-corrected chi connectivity index (χ2v) is 6.07. The van der Waals surface area contributed by atoms with Crippen LogP contribution >= 0.6 is 0 Å². The summed E-state index contributed by atoms with van der Waals surface area (Å²) in [6.45, 7) is 0. The van der Waals surface area contributed by atoms with Gasteiger partial charge in [0.15, 0.2) is 9.84 Å². The van der Waals surface area contributed by atoms with Crippen molar-refractivity contribution in [1.82, 2.24) is 4.98 Å². The summed E-state index contributed by atoms with van der Waals surface area (Å²) < 4.78 is 36.3. The lowest BCUT2D eigenvalue weighted by molar-refractivity contribution is 0.389. The molecule has 3 N–H and O–H groups in total. The normalized spacial score (nSPS) is 11.2. The highest BCUT2D eigenvalue weighted by atomic mass is 32.2. The zero-order valence-electron chi connectivity index (χ0n) is 10.5. The maximum Gasteiger partial charge on any atom is 0.178 e. The third-order valence-electron chi connectivity index (χ3n) is 2.49. The molecule has 0 bridgehead atoms. The van der Waals surface area contributed by atoms with E-state index in [-0.39, 0.29) is 4.90 Å². The predicted molar refractivity (Wildman–Crippen MR) is 72.4 cm³/mol. The standard InChI is InChI=1S/C12H12FN3O3S/c1-20(18,19)11-3-2-8(6-10(11)13)15-12-7-9(16-17)4-5-14-12/h2-7,17H,1H3,(H2,14,15,16). The number of nitrogens with zero attached hydrogens (tertiary/aromatic N) is 1. The molecule has 0 saturated heterocycles. The summed E-state index contributed by atoms with van der Waals surface area (Å²) in [4.78, 5) is 3.62. The molecule has 0 atom stereocenters. The molecule has 0 aliphatic heterocycles. The van der Waals surface area contributed by atoms with Crippen LogP contribution in [0.1, 0.15) is 0 Å². The fraction of sp³-hybridized carbons (Fsp3) is 0.0833. The fourth-order valence-corrected chi connectivity index (χ4v) is 2.32. The van der Waals surface area contributed by atoms with E-state index in [4.69, 9.17) is 5.21 Å². The van der Waals surface area contributed by atoms with Gasteiger partial charge in [0.05, 0.1) is 5.69 Å². The van der Waals surface area contributed by atoms with Gasteiger partial charge in [0, 0.05) is 24.2 Å². The molecule has 0 amide bonds. The number of benzene rings is 1. The van der Waals surface area contributed by atoms with Gasteiger partial charge in [-0.25, -0.2) is 17.8 Å². The Hall–Kier alpha value is -2.19. The average molecular weight is 297 g/mol. The van der Waals surface area contributed by atoms with Crippen LogP contribution in [0.2, 0.25) is 0 Å². The molecule has 20 heavy (non-hydrogen) atoms. The van der Waals surface area contributed by atoms with Gasteiger partial charge in [-0.15, -0.1) is 0 Å². The zero-order chi connectivity index (χ0) is 14.8. The van der Waals surface area contributed by atoms with Crippen LogP contribution in [0.15, 0.2) is 41.4 Å². The van der Waals surface area contributed by atoms with Gasteiger partial charge in [0.1, 0.15) is 16.5 Å².